The highest BCUT2D eigenvalue weighted by Crippen LogP contribution is 2.28. The van der Waals surface area contributed by atoms with Crippen molar-refractivity contribution in [3.63, 3.8) is 0 Å². The molecular formula is C20H25N3O4. The molecule has 2 amide bonds. The summed E-state index contributed by atoms with van der Waals surface area (Å²) in [6.45, 7) is 0.728. The van der Waals surface area contributed by atoms with Crippen LogP contribution in [0.25, 0.3) is 0 Å². The summed E-state index contributed by atoms with van der Waals surface area (Å²) in [6.07, 6.45) is 0.808. The van der Waals surface area contributed by atoms with Crippen LogP contribution < -0.4 is 25.8 Å². The van der Waals surface area contributed by atoms with Crippen molar-refractivity contribution in [3.05, 3.63) is 53.6 Å². The smallest absolute Gasteiger partial charge is 0.253 e. The zero-order valence-corrected chi connectivity index (χ0v) is 15.6. The summed E-state index contributed by atoms with van der Waals surface area (Å²) in [4.78, 5) is 24.5. The van der Waals surface area contributed by atoms with Gasteiger partial charge in [-0.2, -0.15) is 0 Å². The second kappa shape index (κ2) is 10.2. The molecule has 0 saturated heterocycles. The molecule has 4 N–H and O–H groups in total. The first-order valence-electron chi connectivity index (χ1n) is 8.67. The van der Waals surface area contributed by atoms with E-state index in [0.717, 1.165) is 5.56 Å². The average Bonchev–Trinajstić information content (AvgIpc) is 2.70. The van der Waals surface area contributed by atoms with E-state index in [1.807, 2.05) is 18.2 Å². The number of amides is 2. The maximum absolute atomic E-state index is 12.3. The van der Waals surface area contributed by atoms with Gasteiger partial charge in [0.25, 0.3) is 5.91 Å². The summed E-state index contributed by atoms with van der Waals surface area (Å²) in [7, 11) is 3.15. The summed E-state index contributed by atoms with van der Waals surface area (Å²) in [6, 6.07) is 12.4. The number of carbonyl (C=O) groups excluding carboxylic acids is 2. The van der Waals surface area contributed by atoms with Crippen LogP contribution >= 0.6 is 0 Å². The fraction of sp³-hybridized carbons (Fsp3) is 0.300. The normalized spacial score (nSPS) is 10.2. The first-order chi connectivity index (χ1) is 13.1. The topological polar surface area (TPSA) is 103 Å². The molecule has 2 aromatic rings. The van der Waals surface area contributed by atoms with Gasteiger partial charge in [0, 0.05) is 19.5 Å². The van der Waals surface area contributed by atoms with Crippen molar-refractivity contribution >= 4 is 17.5 Å². The quantitative estimate of drug-likeness (QED) is 0.625. The van der Waals surface area contributed by atoms with Gasteiger partial charge in [-0.25, -0.2) is 0 Å². The highest BCUT2D eigenvalue weighted by atomic mass is 16.5. The van der Waals surface area contributed by atoms with Crippen molar-refractivity contribution in [1.29, 1.82) is 0 Å². The Kier molecular flexibility index (Phi) is 7.63. The molecule has 7 nitrogen and oxygen atoms in total. The Morgan fingerprint density at radius 1 is 1.04 bits per heavy atom. The fourth-order valence-corrected chi connectivity index (χ4v) is 2.58. The van der Waals surface area contributed by atoms with E-state index in [4.69, 9.17) is 15.2 Å². The number of nitrogens with one attached hydrogen (secondary N) is 2. The maximum Gasteiger partial charge on any atom is 0.253 e. The molecular weight excluding hydrogens is 346 g/mol. The molecule has 0 saturated carbocycles. The Labute approximate surface area is 158 Å². The van der Waals surface area contributed by atoms with Gasteiger partial charge in [0.05, 0.1) is 25.5 Å². The molecule has 0 radical (unpaired) electrons. The highest BCUT2D eigenvalue weighted by Gasteiger charge is 2.13. The number of hydrogen-bond acceptors (Lipinski definition) is 5. The van der Waals surface area contributed by atoms with Crippen molar-refractivity contribution in [2.45, 2.75) is 12.8 Å². The lowest BCUT2D eigenvalue weighted by molar-refractivity contribution is -0.116. The van der Waals surface area contributed by atoms with Gasteiger partial charge in [-0.3, -0.25) is 9.59 Å². The van der Waals surface area contributed by atoms with Gasteiger partial charge in [-0.05, 0) is 36.2 Å². The minimum absolute atomic E-state index is 0.177. The number of ether oxygens (including phenoxy) is 2. The summed E-state index contributed by atoms with van der Waals surface area (Å²) in [5, 5.41) is 5.50. The number of methoxy groups -OCH3 is 2. The van der Waals surface area contributed by atoms with Crippen LogP contribution in [-0.2, 0) is 11.2 Å². The van der Waals surface area contributed by atoms with Crippen LogP contribution in [0.1, 0.15) is 22.3 Å². The second-order valence-electron chi connectivity index (χ2n) is 5.83. The second-order valence-corrected chi connectivity index (χ2v) is 5.83. The van der Waals surface area contributed by atoms with Gasteiger partial charge in [0.2, 0.25) is 5.91 Å². The average molecular weight is 371 g/mol. The van der Waals surface area contributed by atoms with E-state index in [1.165, 1.54) is 0 Å². The Morgan fingerprint density at radius 2 is 1.78 bits per heavy atom. The Bertz CT molecular complexity index is 793. The SMILES string of the molecule is COc1ccc(CCC(=O)Nc2ccccc2C(=O)NCCN)cc1OC. The lowest BCUT2D eigenvalue weighted by atomic mass is 10.1. The number of hydrogen-bond donors (Lipinski definition) is 3. The van der Waals surface area contributed by atoms with E-state index in [0.29, 0.717) is 42.3 Å². The molecule has 2 aromatic carbocycles. The van der Waals surface area contributed by atoms with Gasteiger partial charge >= 0.3 is 0 Å². The van der Waals surface area contributed by atoms with E-state index in [2.05, 4.69) is 10.6 Å². The Balaban J connectivity index is 1.99. The van der Waals surface area contributed by atoms with Gasteiger partial charge < -0.3 is 25.8 Å². The van der Waals surface area contributed by atoms with Crippen molar-refractivity contribution in [3.8, 4) is 11.5 Å². The molecule has 0 aliphatic rings. The van der Waals surface area contributed by atoms with Crippen LogP contribution in [-0.4, -0.2) is 39.1 Å². The minimum atomic E-state index is -0.267. The molecule has 0 atom stereocenters. The first-order valence-corrected chi connectivity index (χ1v) is 8.67. The molecule has 0 aliphatic heterocycles. The molecule has 0 unspecified atom stereocenters. The zero-order chi connectivity index (χ0) is 19.6. The Hall–Kier alpha value is -3.06. The highest BCUT2D eigenvalue weighted by molar-refractivity contribution is 6.03. The van der Waals surface area contributed by atoms with Gasteiger partial charge in [0.15, 0.2) is 11.5 Å². The van der Waals surface area contributed by atoms with E-state index in [1.54, 1.807) is 38.5 Å². The molecule has 0 fully saturated rings. The number of rotatable bonds is 9. The van der Waals surface area contributed by atoms with Crippen molar-refractivity contribution in [2.24, 2.45) is 5.73 Å². The van der Waals surface area contributed by atoms with Crippen LogP contribution in [0.5, 0.6) is 11.5 Å². The van der Waals surface area contributed by atoms with E-state index in [9.17, 15) is 9.59 Å². The molecule has 27 heavy (non-hydrogen) atoms. The molecule has 0 spiro atoms. The molecule has 2 rings (SSSR count). The molecule has 0 aromatic heterocycles. The fourth-order valence-electron chi connectivity index (χ4n) is 2.58. The molecule has 0 bridgehead atoms. The number of benzene rings is 2. The van der Waals surface area contributed by atoms with E-state index >= 15 is 0 Å². The molecule has 0 aliphatic carbocycles. The van der Waals surface area contributed by atoms with Crippen LogP contribution in [0.3, 0.4) is 0 Å². The summed E-state index contributed by atoms with van der Waals surface area (Å²) >= 11 is 0. The van der Waals surface area contributed by atoms with Crippen molar-refractivity contribution in [2.75, 3.05) is 32.6 Å². The third-order valence-corrected chi connectivity index (χ3v) is 3.96. The predicted molar refractivity (Wildman–Crippen MR) is 104 cm³/mol. The lowest BCUT2D eigenvalue weighted by Crippen LogP contribution is -2.30. The van der Waals surface area contributed by atoms with E-state index < -0.39 is 0 Å². The van der Waals surface area contributed by atoms with Gasteiger partial charge in [0.1, 0.15) is 0 Å². The standard InChI is InChI=1S/C20H25N3O4/c1-26-17-9-7-14(13-18(17)27-2)8-10-19(24)23-16-6-4-3-5-15(16)20(25)22-12-11-21/h3-7,9,13H,8,10-12,21H2,1-2H3,(H,22,25)(H,23,24). The number of anilines is 1. The van der Waals surface area contributed by atoms with Crippen molar-refractivity contribution < 1.29 is 19.1 Å². The van der Waals surface area contributed by atoms with Gasteiger partial charge in [-0.1, -0.05) is 18.2 Å². The van der Waals surface area contributed by atoms with Crippen molar-refractivity contribution in [1.82, 2.24) is 5.32 Å². The number of aryl methyl sites for hydroxylation is 1. The third-order valence-electron chi connectivity index (χ3n) is 3.96. The molecule has 0 heterocycles. The molecule has 144 valence electrons. The zero-order valence-electron chi connectivity index (χ0n) is 15.6. The lowest BCUT2D eigenvalue weighted by Gasteiger charge is -2.12. The van der Waals surface area contributed by atoms with Crippen LogP contribution in [0.4, 0.5) is 5.69 Å². The summed E-state index contributed by atoms with van der Waals surface area (Å²) in [5.41, 5.74) is 7.25. The van der Waals surface area contributed by atoms with Crippen LogP contribution in [0, 0.1) is 0 Å². The number of para-hydroxylation sites is 1. The maximum atomic E-state index is 12.3. The largest absolute Gasteiger partial charge is 0.493 e. The number of carbonyl (C=O) groups is 2. The predicted octanol–water partition coefficient (Wildman–Crippen LogP) is 1.96. The number of nitrogens with two attached hydrogens (primary N) is 1. The minimum Gasteiger partial charge on any atom is -0.493 e. The van der Waals surface area contributed by atoms with Gasteiger partial charge in [-0.15, -0.1) is 0 Å². The Morgan fingerprint density at radius 3 is 2.48 bits per heavy atom. The summed E-state index contributed by atoms with van der Waals surface area (Å²) in [5.74, 6) is 0.820. The van der Waals surface area contributed by atoms with Crippen LogP contribution in [0.2, 0.25) is 0 Å². The van der Waals surface area contributed by atoms with Crippen LogP contribution in [0.15, 0.2) is 42.5 Å². The first kappa shape index (κ1) is 20.3. The van der Waals surface area contributed by atoms with E-state index in [-0.39, 0.29) is 18.2 Å². The molecule has 7 heteroatoms. The summed E-state index contributed by atoms with van der Waals surface area (Å²) < 4.78 is 10.5. The third kappa shape index (κ3) is 5.72. The monoisotopic (exact) mass is 371 g/mol.